The van der Waals surface area contributed by atoms with Crippen LogP contribution in [0.4, 0.5) is 0 Å². The van der Waals surface area contributed by atoms with Gasteiger partial charge in [-0.3, -0.25) is 4.79 Å². The second kappa shape index (κ2) is 6.57. The van der Waals surface area contributed by atoms with Crippen LogP contribution in [0.3, 0.4) is 0 Å². The predicted molar refractivity (Wildman–Crippen MR) is 82.5 cm³/mol. The van der Waals surface area contributed by atoms with E-state index in [0.29, 0.717) is 23.6 Å². The summed E-state index contributed by atoms with van der Waals surface area (Å²) in [5, 5.41) is 6.85. The first kappa shape index (κ1) is 15.3. The second-order valence-electron chi connectivity index (χ2n) is 5.66. The number of nitrogens with one attached hydrogen (secondary N) is 1. The first-order valence-electron chi connectivity index (χ1n) is 7.29. The second-order valence-corrected chi connectivity index (χ2v) is 5.66. The monoisotopic (exact) mass is 286 g/mol. The minimum atomic E-state index is -0.106. The van der Waals surface area contributed by atoms with Crippen LogP contribution in [-0.2, 0) is 6.42 Å². The molecule has 21 heavy (non-hydrogen) atoms. The first-order chi connectivity index (χ1) is 9.99. The third-order valence-corrected chi connectivity index (χ3v) is 3.42. The van der Waals surface area contributed by atoms with Gasteiger partial charge < -0.3 is 9.84 Å². The average Bonchev–Trinajstić information content (AvgIpc) is 2.81. The highest BCUT2D eigenvalue weighted by Gasteiger charge is 2.22. The summed E-state index contributed by atoms with van der Waals surface area (Å²) in [5.74, 6) is 0.689. The molecule has 4 nitrogen and oxygen atoms in total. The molecular formula is C17H22N2O2. The molecule has 112 valence electrons. The van der Waals surface area contributed by atoms with Crippen molar-refractivity contribution in [2.75, 3.05) is 6.54 Å². The highest BCUT2D eigenvalue weighted by molar-refractivity contribution is 5.96. The summed E-state index contributed by atoms with van der Waals surface area (Å²) in [6.45, 7) is 8.44. The molecular weight excluding hydrogens is 264 g/mol. The molecule has 0 saturated heterocycles. The Morgan fingerprint density at radius 3 is 2.76 bits per heavy atom. The Morgan fingerprint density at radius 2 is 2.10 bits per heavy atom. The minimum Gasteiger partial charge on any atom is -0.360 e. The van der Waals surface area contributed by atoms with Crippen LogP contribution in [-0.4, -0.2) is 17.6 Å². The van der Waals surface area contributed by atoms with E-state index in [2.05, 4.69) is 35.6 Å². The summed E-state index contributed by atoms with van der Waals surface area (Å²) in [6.07, 6.45) is 0.814. The molecule has 1 heterocycles. The molecule has 2 aromatic rings. The highest BCUT2D eigenvalue weighted by Crippen LogP contribution is 2.21. The summed E-state index contributed by atoms with van der Waals surface area (Å²) >= 11 is 0. The Morgan fingerprint density at radius 1 is 1.33 bits per heavy atom. The van der Waals surface area contributed by atoms with Crippen molar-refractivity contribution in [1.29, 1.82) is 0 Å². The molecule has 1 aromatic heterocycles. The van der Waals surface area contributed by atoms with E-state index in [1.54, 1.807) is 6.92 Å². The predicted octanol–water partition coefficient (Wildman–Crippen LogP) is 3.39. The number of nitrogens with zero attached hydrogens (tertiary/aromatic N) is 1. The number of aromatic nitrogens is 1. The summed E-state index contributed by atoms with van der Waals surface area (Å²) in [4.78, 5) is 12.3. The van der Waals surface area contributed by atoms with Crippen LogP contribution in [0.5, 0.6) is 0 Å². The van der Waals surface area contributed by atoms with Gasteiger partial charge in [0, 0.05) is 12.5 Å². The zero-order valence-corrected chi connectivity index (χ0v) is 13.1. The number of carbonyl (C=O) groups is 1. The molecule has 0 fully saturated rings. The standard InChI is InChI=1S/C17H22N2O2/c1-11(2)16-15(13(4)19-21-16)17(20)18-9-8-14-7-5-6-12(3)10-14/h5-7,10-11H,8-9H2,1-4H3,(H,18,20). The third-order valence-electron chi connectivity index (χ3n) is 3.42. The van der Waals surface area contributed by atoms with Crippen molar-refractivity contribution < 1.29 is 9.32 Å². The van der Waals surface area contributed by atoms with Gasteiger partial charge in [-0.15, -0.1) is 0 Å². The zero-order valence-electron chi connectivity index (χ0n) is 13.1. The molecule has 0 unspecified atom stereocenters. The SMILES string of the molecule is Cc1cccc(CCNC(=O)c2c(C)noc2C(C)C)c1. The highest BCUT2D eigenvalue weighted by atomic mass is 16.5. The summed E-state index contributed by atoms with van der Waals surface area (Å²) in [5.41, 5.74) is 3.68. The lowest BCUT2D eigenvalue weighted by Gasteiger charge is -2.07. The van der Waals surface area contributed by atoms with Crippen LogP contribution in [0.15, 0.2) is 28.8 Å². The number of hydrogen-bond donors (Lipinski definition) is 1. The van der Waals surface area contributed by atoms with Crippen molar-refractivity contribution in [3.63, 3.8) is 0 Å². The van der Waals surface area contributed by atoms with Crippen LogP contribution in [0.2, 0.25) is 0 Å². The van der Waals surface area contributed by atoms with Gasteiger partial charge in [0.05, 0.1) is 5.69 Å². The Labute approximate surface area is 125 Å². The van der Waals surface area contributed by atoms with Gasteiger partial charge in [0.15, 0.2) is 5.76 Å². The maximum absolute atomic E-state index is 12.3. The number of aryl methyl sites for hydroxylation is 2. The maximum Gasteiger partial charge on any atom is 0.256 e. The van der Waals surface area contributed by atoms with E-state index in [9.17, 15) is 4.79 Å². The van der Waals surface area contributed by atoms with Gasteiger partial charge in [-0.05, 0) is 25.8 Å². The van der Waals surface area contributed by atoms with E-state index in [1.807, 2.05) is 19.9 Å². The smallest absolute Gasteiger partial charge is 0.256 e. The number of benzene rings is 1. The average molecular weight is 286 g/mol. The quantitative estimate of drug-likeness (QED) is 0.916. The molecule has 0 aliphatic carbocycles. The third kappa shape index (κ3) is 3.72. The van der Waals surface area contributed by atoms with Crippen molar-refractivity contribution >= 4 is 5.91 Å². The van der Waals surface area contributed by atoms with Gasteiger partial charge in [0.1, 0.15) is 5.56 Å². The fourth-order valence-electron chi connectivity index (χ4n) is 2.33. The molecule has 0 atom stereocenters. The van der Waals surface area contributed by atoms with Crippen molar-refractivity contribution in [2.45, 2.75) is 40.0 Å². The van der Waals surface area contributed by atoms with Crippen LogP contribution >= 0.6 is 0 Å². The lowest BCUT2D eigenvalue weighted by Crippen LogP contribution is -2.27. The topological polar surface area (TPSA) is 55.1 Å². The number of carbonyl (C=O) groups excluding carboxylic acids is 1. The van der Waals surface area contributed by atoms with Crippen LogP contribution in [0, 0.1) is 13.8 Å². The molecule has 1 aromatic carbocycles. The van der Waals surface area contributed by atoms with Crippen molar-refractivity contribution in [2.24, 2.45) is 0 Å². The van der Waals surface area contributed by atoms with E-state index in [-0.39, 0.29) is 11.8 Å². The lowest BCUT2D eigenvalue weighted by molar-refractivity contribution is 0.0951. The number of rotatable bonds is 5. The van der Waals surface area contributed by atoms with Crippen LogP contribution in [0.1, 0.15) is 52.7 Å². The Hall–Kier alpha value is -2.10. The van der Waals surface area contributed by atoms with E-state index in [0.717, 1.165) is 6.42 Å². The summed E-state index contributed by atoms with van der Waals surface area (Å²) in [7, 11) is 0. The molecule has 0 radical (unpaired) electrons. The molecule has 4 heteroatoms. The molecule has 1 N–H and O–H groups in total. The van der Waals surface area contributed by atoms with Gasteiger partial charge >= 0.3 is 0 Å². The van der Waals surface area contributed by atoms with Crippen LogP contribution < -0.4 is 5.32 Å². The van der Waals surface area contributed by atoms with E-state index in [4.69, 9.17) is 4.52 Å². The normalized spacial score (nSPS) is 10.9. The van der Waals surface area contributed by atoms with Gasteiger partial charge in [0.25, 0.3) is 5.91 Å². The van der Waals surface area contributed by atoms with Gasteiger partial charge in [0.2, 0.25) is 0 Å². The molecule has 0 saturated carbocycles. The maximum atomic E-state index is 12.3. The number of hydrogen-bond acceptors (Lipinski definition) is 3. The zero-order chi connectivity index (χ0) is 15.4. The largest absolute Gasteiger partial charge is 0.360 e. The molecule has 2 rings (SSSR count). The number of amides is 1. The molecule has 0 aliphatic rings. The van der Waals surface area contributed by atoms with Gasteiger partial charge in [-0.2, -0.15) is 0 Å². The van der Waals surface area contributed by atoms with Gasteiger partial charge in [-0.25, -0.2) is 0 Å². The summed E-state index contributed by atoms with van der Waals surface area (Å²) in [6, 6.07) is 8.31. The van der Waals surface area contributed by atoms with Crippen LogP contribution in [0.25, 0.3) is 0 Å². The van der Waals surface area contributed by atoms with Gasteiger partial charge in [-0.1, -0.05) is 48.8 Å². The van der Waals surface area contributed by atoms with E-state index < -0.39 is 0 Å². The van der Waals surface area contributed by atoms with Crippen molar-refractivity contribution in [3.8, 4) is 0 Å². The first-order valence-corrected chi connectivity index (χ1v) is 7.29. The minimum absolute atomic E-state index is 0.106. The molecule has 1 amide bonds. The fraction of sp³-hybridized carbons (Fsp3) is 0.412. The van der Waals surface area contributed by atoms with Crippen molar-refractivity contribution in [1.82, 2.24) is 10.5 Å². The Bertz CT molecular complexity index is 629. The van der Waals surface area contributed by atoms with E-state index in [1.165, 1.54) is 11.1 Å². The molecule has 0 bridgehead atoms. The summed E-state index contributed by atoms with van der Waals surface area (Å²) < 4.78 is 5.25. The molecule has 0 spiro atoms. The fourth-order valence-corrected chi connectivity index (χ4v) is 2.33. The lowest BCUT2D eigenvalue weighted by atomic mass is 10.0. The van der Waals surface area contributed by atoms with E-state index >= 15 is 0 Å². The Kier molecular flexibility index (Phi) is 4.78. The van der Waals surface area contributed by atoms with Crippen molar-refractivity contribution in [3.05, 3.63) is 52.4 Å². The Balaban J connectivity index is 1.98. The molecule has 0 aliphatic heterocycles.